The van der Waals surface area contributed by atoms with Gasteiger partial charge in [0.05, 0.1) is 10.7 Å². The average molecular weight is 328 g/mol. The van der Waals surface area contributed by atoms with Crippen LogP contribution in [0.15, 0.2) is 22.5 Å². The van der Waals surface area contributed by atoms with Crippen molar-refractivity contribution in [3.8, 4) is 0 Å². The fourth-order valence-electron chi connectivity index (χ4n) is 1.56. The molecule has 0 aliphatic heterocycles. The van der Waals surface area contributed by atoms with Gasteiger partial charge in [-0.2, -0.15) is 0 Å². The number of amides is 1. The number of anilines is 2. The molecule has 0 unspecified atom stereocenters. The molecule has 4 nitrogen and oxygen atoms in total. The molecule has 0 atom stereocenters. The first-order valence-corrected chi connectivity index (χ1v) is 8.16. The van der Waals surface area contributed by atoms with Crippen LogP contribution >= 0.6 is 34.7 Å². The summed E-state index contributed by atoms with van der Waals surface area (Å²) < 4.78 is 0.796. The lowest BCUT2D eigenvalue weighted by Gasteiger charge is -2.06. The maximum absolute atomic E-state index is 12.2. The number of benzene rings is 1. The Hall–Kier alpha value is -1.24. The number of carbonyl (C=O) groups excluding carboxylic acids is 1. The SMILES string of the molecule is CCSc1nc(N)c(C(=O)Nc2ccc(C)cc2Cl)s1. The molecule has 106 valence electrons. The van der Waals surface area contributed by atoms with Gasteiger partial charge in [-0.05, 0) is 30.4 Å². The largest absolute Gasteiger partial charge is 0.382 e. The van der Waals surface area contributed by atoms with Crippen molar-refractivity contribution in [3.05, 3.63) is 33.7 Å². The molecule has 2 aromatic rings. The van der Waals surface area contributed by atoms with E-state index in [1.165, 1.54) is 11.3 Å². The second-order valence-electron chi connectivity index (χ2n) is 4.06. The Bertz CT molecular complexity index is 643. The van der Waals surface area contributed by atoms with Crippen LogP contribution in [0.4, 0.5) is 11.5 Å². The van der Waals surface area contributed by atoms with Crippen LogP contribution in [0.1, 0.15) is 22.2 Å². The van der Waals surface area contributed by atoms with E-state index >= 15 is 0 Å². The van der Waals surface area contributed by atoms with Gasteiger partial charge < -0.3 is 11.1 Å². The third kappa shape index (κ3) is 3.45. The summed E-state index contributed by atoms with van der Waals surface area (Å²) in [5, 5.41) is 3.26. The number of aryl methyl sites for hydroxylation is 1. The summed E-state index contributed by atoms with van der Waals surface area (Å²) >= 11 is 8.95. The van der Waals surface area contributed by atoms with Crippen molar-refractivity contribution in [2.24, 2.45) is 0 Å². The summed E-state index contributed by atoms with van der Waals surface area (Å²) in [6.45, 7) is 3.96. The van der Waals surface area contributed by atoms with Gasteiger partial charge in [-0.3, -0.25) is 4.79 Å². The number of halogens is 1. The van der Waals surface area contributed by atoms with Gasteiger partial charge in [0.1, 0.15) is 10.7 Å². The monoisotopic (exact) mass is 327 g/mol. The Morgan fingerprint density at radius 1 is 1.55 bits per heavy atom. The van der Waals surface area contributed by atoms with E-state index in [1.54, 1.807) is 23.9 Å². The lowest BCUT2D eigenvalue weighted by Crippen LogP contribution is -2.12. The number of rotatable bonds is 4. The van der Waals surface area contributed by atoms with Crippen molar-refractivity contribution in [2.75, 3.05) is 16.8 Å². The highest BCUT2D eigenvalue weighted by molar-refractivity contribution is 8.01. The molecular formula is C13H14ClN3OS2. The molecule has 0 spiro atoms. The zero-order chi connectivity index (χ0) is 14.7. The maximum Gasteiger partial charge on any atom is 0.269 e. The molecule has 0 radical (unpaired) electrons. The van der Waals surface area contributed by atoms with Crippen molar-refractivity contribution >= 4 is 52.1 Å². The number of hydrogen-bond donors (Lipinski definition) is 2. The van der Waals surface area contributed by atoms with Gasteiger partial charge >= 0.3 is 0 Å². The lowest BCUT2D eigenvalue weighted by atomic mass is 10.2. The molecule has 1 aromatic carbocycles. The highest BCUT2D eigenvalue weighted by Gasteiger charge is 2.17. The molecule has 2 rings (SSSR count). The molecule has 3 N–H and O–H groups in total. The van der Waals surface area contributed by atoms with E-state index in [1.807, 2.05) is 19.9 Å². The van der Waals surface area contributed by atoms with Crippen LogP contribution in [-0.4, -0.2) is 16.6 Å². The highest BCUT2D eigenvalue weighted by Crippen LogP contribution is 2.30. The normalized spacial score (nSPS) is 10.6. The van der Waals surface area contributed by atoms with Gasteiger partial charge in [0.25, 0.3) is 5.91 Å². The first-order valence-electron chi connectivity index (χ1n) is 5.98. The summed E-state index contributed by atoms with van der Waals surface area (Å²) in [4.78, 5) is 16.8. The van der Waals surface area contributed by atoms with Gasteiger partial charge in [-0.15, -0.1) is 11.3 Å². The molecule has 1 heterocycles. The predicted octanol–water partition coefficient (Wildman–Crippen LogP) is 4.05. The minimum absolute atomic E-state index is 0.256. The number of nitrogens with zero attached hydrogens (tertiary/aromatic N) is 1. The topological polar surface area (TPSA) is 68.0 Å². The maximum atomic E-state index is 12.2. The molecule has 0 saturated carbocycles. The van der Waals surface area contributed by atoms with E-state index in [0.717, 1.165) is 15.7 Å². The first kappa shape index (κ1) is 15.2. The van der Waals surface area contributed by atoms with Gasteiger partial charge in [0.2, 0.25) is 0 Å². The van der Waals surface area contributed by atoms with Crippen molar-refractivity contribution in [1.82, 2.24) is 4.98 Å². The van der Waals surface area contributed by atoms with Gasteiger partial charge in [-0.25, -0.2) is 4.98 Å². The number of thioether (sulfide) groups is 1. The number of carbonyl (C=O) groups is 1. The Labute approximate surface area is 130 Å². The third-order valence-corrected chi connectivity index (χ3v) is 4.89. The average Bonchev–Trinajstić information content (AvgIpc) is 2.74. The van der Waals surface area contributed by atoms with Crippen LogP contribution in [0.5, 0.6) is 0 Å². The number of thiazole rings is 1. The van der Waals surface area contributed by atoms with Crippen LogP contribution in [0.3, 0.4) is 0 Å². The van der Waals surface area contributed by atoms with Crippen LogP contribution in [0.2, 0.25) is 5.02 Å². The Balaban J connectivity index is 2.19. The van der Waals surface area contributed by atoms with E-state index in [9.17, 15) is 4.79 Å². The Kier molecular flexibility index (Phi) is 4.91. The molecule has 0 bridgehead atoms. The number of nitrogens with two attached hydrogens (primary N) is 1. The van der Waals surface area contributed by atoms with E-state index in [0.29, 0.717) is 15.6 Å². The van der Waals surface area contributed by atoms with Crippen molar-refractivity contribution in [3.63, 3.8) is 0 Å². The van der Waals surface area contributed by atoms with Crippen molar-refractivity contribution in [1.29, 1.82) is 0 Å². The summed E-state index contributed by atoms with van der Waals surface area (Å²) in [5.74, 6) is 0.859. The molecule has 1 aromatic heterocycles. The fourth-order valence-corrected chi connectivity index (χ4v) is 3.70. The molecule has 0 fully saturated rings. The zero-order valence-corrected chi connectivity index (χ0v) is 13.5. The number of hydrogen-bond acceptors (Lipinski definition) is 5. The second kappa shape index (κ2) is 6.47. The minimum atomic E-state index is -0.284. The molecular weight excluding hydrogens is 314 g/mol. The van der Waals surface area contributed by atoms with E-state index in [2.05, 4.69) is 10.3 Å². The Morgan fingerprint density at radius 2 is 2.30 bits per heavy atom. The van der Waals surface area contributed by atoms with Crippen LogP contribution in [0.25, 0.3) is 0 Å². The van der Waals surface area contributed by atoms with Crippen molar-refractivity contribution < 1.29 is 4.79 Å². The number of nitrogen functional groups attached to an aromatic ring is 1. The van der Waals surface area contributed by atoms with Gasteiger partial charge in [-0.1, -0.05) is 36.4 Å². The third-order valence-electron chi connectivity index (χ3n) is 2.48. The molecule has 0 aliphatic carbocycles. The Morgan fingerprint density at radius 3 is 2.95 bits per heavy atom. The molecule has 0 saturated heterocycles. The first-order chi connectivity index (χ1) is 9.51. The van der Waals surface area contributed by atoms with Crippen molar-refractivity contribution in [2.45, 2.75) is 18.2 Å². The van der Waals surface area contributed by atoms with Crippen LogP contribution in [0, 0.1) is 6.92 Å². The fraction of sp³-hybridized carbons (Fsp3) is 0.231. The molecule has 0 aliphatic rings. The minimum Gasteiger partial charge on any atom is -0.382 e. The standard InChI is InChI=1S/C13H14ClN3OS2/c1-3-19-13-17-11(15)10(20-13)12(18)16-9-5-4-7(2)6-8(9)14/h4-6H,3,15H2,1-2H3,(H,16,18). The predicted molar refractivity (Wildman–Crippen MR) is 87.1 cm³/mol. The van der Waals surface area contributed by atoms with E-state index < -0.39 is 0 Å². The summed E-state index contributed by atoms with van der Waals surface area (Å²) in [6.07, 6.45) is 0. The molecule has 7 heteroatoms. The lowest BCUT2D eigenvalue weighted by molar-refractivity contribution is 0.103. The summed E-state index contributed by atoms with van der Waals surface area (Å²) in [6, 6.07) is 5.45. The molecule has 1 amide bonds. The van der Waals surface area contributed by atoms with E-state index in [-0.39, 0.29) is 11.7 Å². The van der Waals surface area contributed by atoms with Crippen LogP contribution in [-0.2, 0) is 0 Å². The molecule has 20 heavy (non-hydrogen) atoms. The smallest absolute Gasteiger partial charge is 0.269 e. The van der Waals surface area contributed by atoms with Crippen LogP contribution < -0.4 is 11.1 Å². The quantitative estimate of drug-likeness (QED) is 0.831. The second-order valence-corrected chi connectivity index (χ2v) is 6.98. The van der Waals surface area contributed by atoms with Gasteiger partial charge in [0.15, 0.2) is 4.34 Å². The summed E-state index contributed by atoms with van der Waals surface area (Å²) in [7, 11) is 0. The van der Waals surface area contributed by atoms with Gasteiger partial charge in [0, 0.05) is 0 Å². The highest BCUT2D eigenvalue weighted by atomic mass is 35.5. The summed E-state index contributed by atoms with van der Waals surface area (Å²) in [5.41, 5.74) is 7.38. The number of aromatic nitrogens is 1. The van der Waals surface area contributed by atoms with E-state index in [4.69, 9.17) is 17.3 Å². The number of nitrogens with one attached hydrogen (secondary N) is 1. The zero-order valence-electron chi connectivity index (χ0n) is 11.1.